The molecule has 0 aliphatic carbocycles. The number of hydrogen-bond donors (Lipinski definition) is 0. The lowest BCUT2D eigenvalue weighted by molar-refractivity contribution is 0.367. The maximum absolute atomic E-state index is 12.4. The Balaban J connectivity index is 2.20. The fraction of sp³-hybridized carbons (Fsp3) is 0.200. The van der Waals surface area contributed by atoms with Gasteiger partial charge in [0.15, 0.2) is 10.8 Å². The number of hydrogen-bond acceptors (Lipinski definition) is 5. The summed E-state index contributed by atoms with van der Waals surface area (Å²) in [6, 6.07) is 9.62. The topological polar surface area (TPSA) is 58.3 Å². The van der Waals surface area contributed by atoms with E-state index in [9.17, 15) is 4.79 Å². The van der Waals surface area contributed by atoms with Crippen LogP contribution in [0.4, 0.5) is 0 Å². The third-order valence-electron chi connectivity index (χ3n) is 3.21. The Morgan fingerprint density at radius 1 is 1.23 bits per heavy atom. The number of nitrogens with zero attached hydrogens (tertiary/aromatic N) is 3. The van der Waals surface area contributed by atoms with Crippen molar-refractivity contribution >= 4 is 11.3 Å². The minimum Gasteiger partial charge on any atom is -0.467 e. The van der Waals surface area contributed by atoms with E-state index in [1.807, 2.05) is 42.6 Å². The smallest absolute Gasteiger partial charge is 0.353 e. The molecule has 7 heteroatoms. The Bertz CT molecular complexity index is 850. The fourth-order valence-corrected chi connectivity index (χ4v) is 2.78. The molecule has 0 aliphatic heterocycles. The van der Waals surface area contributed by atoms with Gasteiger partial charge < -0.3 is 9.47 Å². The molecule has 114 valence electrons. The SMILES string of the molecule is COc1nn(C)c(=O)n1-c1c(C)cccc1Oc1cccs1. The molecule has 0 radical (unpaired) electrons. The van der Waals surface area contributed by atoms with Crippen LogP contribution in [0.25, 0.3) is 5.69 Å². The van der Waals surface area contributed by atoms with Crippen molar-refractivity contribution in [3.63, 3.8) is 0 Å². The van der Waals surface area contributed by atoms with E-state index >= 15 is 0 Å². The molecule has 3 aromatic rings. The highest BCUT2D eigenvalue weighted by atomic mass is 32.1. The molecule has 1 aromatic carbocycles. The van der Waals surface area contributed by atoms with Crippen LogP contribution in [0.1, 0.15) is 5.56 Å². The predicted octanol–water partition coefficient (Wildman–Crippen LogP) is 2.74. The van der Waals surface area contributed by atoms with Crippen molar-refractivity contribution in [2.75, 3.05) is 7.11 Å². The minimum atomic E-state index is -0.290. The molecule has 0 amide bonds. The highest BCUT2D eigenvalue weighted by Crippen LogP contribution is 2.33. The molecule has 3 rings (SSSR count). The molecular formula is C15H15N3O3S. The first-order valence-electron chi connectivity index (χ1n) is 6.63. The number of aryl methyl sites for hydroxylation is 2. The van der Waals surface area contributed by atoms with Crippen LogP contribution in [0.3, 0.4) is 0 Å². The van der Waals surface area contributed by atoms with Gasteiger partial charge in [0.05, 0.1) is 7.11 Å². The molecule has 0 aliphatic rings. The summed E-state index contributed by atoms with van der Waals surface area (Å²) in [6.45, 7) is 1.91. The number of rotatable bonds is 4. The van der Waals surface area contributed by atoms with E-state index in [0.29, 0.717) is 11.4 Å². The Labute approximate surface area is 131 Å². The molecule has 2 aromatic heterocycles. The molecule has 0 spiro atoms. The summed E-state index contributed by atoms with van der Waals surface area (Å²) in [5.74, 6) is 0.579. The zero-order valence-corrected chi connectivity index (χ0v) is 13.3. The minimum absolute atomic E-state index is 0.220. The van der Waals surface area contributed by atoms with Gasteiger partial charge in [0.2, 0.25) is 0 Å². The molecule has 0 atom stereocenters. The van der Waals surface area contributed by atoms with Crippen molar-refractivity contribution in [1.29, 1.82) is 0 Å². The second-order valence-electron chi connectivity index (χ2n) is 4.68. The first-order valence-corrected chi connectivity index (χ1v) is 7.51. The number of para-hydroxylation sites is 1. The highest BCUT2D eigenvalue weighted by molar-refractivity contribution is 7.11. The van der Waals surface area contributed by atoms with Crippen LogP contribution in [0.15, 0.2) is 40.5 Å². The van der Waals surface area contributed by atoms with Crippen molar-refractivity contribution in [2.24, 2.45) is 7.05 Å². The number of methoxy groups -OCH3 is 1. The molecule has 22 heavy (non-hydrogen) atoms. The highest BCUT2D eigenvalue weighted by Gasteiger charge is 2.19. The monoisotopic (exact) mass is 317 g/mol. The van der Waals surface area contributed by atoms with Gasteiger partial charge in [-0.15, -0.1) is 16.4 Å². The molecule has 0 fully saturated rings. The summed E-state index contributed by atoms with van der Waals surface area (Å²) in [5, 5.41) is 6.76. The van der Waals surface area contributed by atoms with Gasteiger partial charge >= 0.3 is 11.7 Å². The quantitative estimate of drug-likeness (QED) is 0.742. The van der Waals surface area contributed by atoms with E-state index in [1.54, 1.807) is 7.05 Å². The molecule has 6 nitrogen and oxygen atoms in total. The van der Waals surface area contributed by atoms with Gasteiger partial charge in [-0.25, -0.2) is 14.0 Å². The van der Waals surface area contributed by atoms with E-state index in [0.717, 1.165) is 10.6 Å². The number of aromatic nitrogens is 3. The van der Waals surface area contributed by atoms with Crippen molar-refractivity contribution in [2.45, 2.75) is 6.92 Å². The second kappa shape index (κ2) is 5.69. The van der Waals surface area contributed by atoms with Crippen LogP contribution in [0.5, 0.6) is 16.8 Å². The maximum atomic E-state index is 12.4. The lowest BCUT2D eigenvalue weighted by Gasteiger charge is -2.13. The van der Waals surface area contributed by atoms with Gasteiger partial charge in [0.1, 0.15) is 5.69 Å². The average Bonchev–Trinajstić information content (AvgIpc) is 3.10. The van der Waals surface area contributed by atoms with Gasteiger partial charge in [-0.2, -0.15) is 0 Å². The molecule has 0 bridgehead atoms. The van der Waals surface area contributed by atoms with E-state index < -0.39 is 0 Å². The van der Waals surface area contributed by atoms with Gasteiger partial charge in [0, 0.05) is 7.05 Å². The molecular weight excluding hydrogens is 302 g/mol. The average molecular weight is 317 g/mol. The fourth-order valence-electron chi connectivity index (χ4n) is 2.20. The molecule has 0 unspecified atom stereocenters. The van der Waals surface area contributed by atoms with Gasteiger partial charge in [-0.1, -0.05) is 12.1 Å². The van der Waals surface area contributed by atoms with Gasteiger partial charge in [-0.3, -0.25) is 0 Å². The summed E-state index contributed by atoms with van der Waals surface area (Å²) in [7, 11) is 3.07. The number of thiophene rings is 1. The van der Waals surface area contributed by atoms with Crippen LogP contribution in [-0.2, 0) is 7.05 Å². The van der Waals surface area contributed by atoms with Crippen LogP contribution in [0.2, 0.25) is 0 Å². The maximum Gasteiger partial charge on any atom is 0.353 e. The largest absolute Gasteiger partial charge is 0.467 e. The molecule has 2 heterocycles. The second-order valence-corrected chi connectivity index (χ2v) is 5.59. The van der Waals surface area contributed by atoms with Crippen LogP contribution < -0.4 is 15.2 Å². The number of ether oxygens (including phenoxy) is 2. The number of benzene rings is 1. The lowest BCUT2D eigenvalue weighted by Crippen LogP contribution is -2.22. The molecule has 0 saturated heterocycles. The van der Waals surface area contributed by atoms with Crippen LogP contribution >= 0.6 is 11.3 Å². The van der Waals surface area contributed by atoms with Crippen LogP contribution in [0, 0.1) is 6.92 Å². The van der Waals surface area contributed by atoms with E-state index in [-0.39, 0.29) is 11.7 Å². The van der Waals surface area contributed by atoms with E-state index in [2.05, 4.69) is 5.10 Å². The van der Waals surface area contributed by atoms with Crippen molar-refractivity contribution in [3.8, 4) is 22.5 Å². The van der Waals surface area contributed by atoms with Gasteiger partial charge in [-0.05, 0) is 36.1 Å². The Morgan fingerprint density at radius 2 is 2.05 bits per heavy atom. The Morgan fingerprint density at radius 3 is 2.73 bits per heavy atom. The van der Waals surface area contributed by atoms with E-state index in [1.165, 1.54) is 27.7 Å². The third-order valence-corrected chi connectivity index (χ3v) is 3.95. The third kappa shape index (κ3) is 2.39. The molecule has 0 saturated carbocycles. The summed E-state index contributed by atoms with van der Waals surface area (Å²) >= 11 is 1.49. The van der Waals surface area contributed by atoms with Crippen molar-refractivity contribution in [1.82, 2.24) is 14.3 Å². The summed E-state index contributed by atoms with van der Waals surface area (Å²) in [6.07, 6.45) is 0. The predicted molar refractivity (Wildman–Crippen MR) is 84.5 cm³/mol. The zero-order chi connectivity index (χ0) is 15.7. The normalized spacial score (nSPS) is 10.7. The standard InChI is InChI=1S/C15H15N3O3S/c1-10-6-4-7-11(21-12-8-5-9-22-12)13(10)18-14(20-3)16-17(2)15(18)19/h4-9H,1-3H3. The Hall–Kier alpha value is -2.54. The Kier molecular flexibility index (Phi) is 3.72. The summed E-state index contributed by atoms with van der Waals surface area (Å²) in [4.78, 5) is 12.4. The summed E-state index contributed by atoms with van der Waals surface area (Å²) < 4.78 is 13.8. The zero-order valence-electron chi connectivity index (χ0n) is 12.4. The first kappa shape index (κ1) is 14.4. The summed E-state index contributed by atoms with van der Waals surface area (Å²) in [5.41, 5.74) is 1.23. The van der Waals surface area contributed by atoms with Crippen LogP contribution in [-0.4, -0.2) is 21.5 Å². The molecule has 0 N–H and O–H groups in total. The van der Waals surface area contributed by atoms with Gasteiger partial charge in [0.25, 0.3) is 0 Å². The van der Waals surface area contributed by atoms with Crippen molar-refractivity contribution in [3.05, 3.63) is 51.8 Å². The first-order chi connectivity index (χ1) is 10.6. The van der Waals surface area contributed by atoms with Crippen molar-refractivity contribution < 1.29 is 9.47 Å². The lowest BCUT2D eigenvalue weighted by atomic mass is 10.2. The van der Waals surface area contributed by atoms with E-state index in [4.69, 9.17) is 9.47 Å².